The zero-order valence-electron chi connectivity index (χ0n) is 9.01. The zero-order valence-corrected chi connectivity index (χ0v) is 9.01. The lowest BCUT2D eigenvalue weighted by Crippen LogP contribution is -2.41. The Morgan fingerprint density at radius 1 is 1.56 bits per heavy atom. The van der Waals surface area contributed by atoms with Gasteiger partial charge in [-0.25, -0.2) is 0 Å². The van der Waals surface area contributed by atoms with Crippen molar-refractivity contribution >= 4 is 11.9 Å². The maximum atomic E-state index is 11.7. The van der Waals surface area contributed by atoms with Crippen molar-refractivity contribution in [3.63, 3.8) is 0 Å². The normalized spacial score (nSPS) is 48.0. The molecule has 3 aliphatic rings. The molecule has 0 aromatic carbocycles. The van der Waals surface area contributed by atoms with Gasteiger partial charge in [0.05, 0.1) is 13.2 Å². The molecule has 0 aromatic heterocycles. The van der Waals surface area contributed by atoms with Gasteiger partial charge in [-0.1, -0.05) is 6.08 Å². The molecule has 0 unspecified atom stereocenters. The molecule has 0 radical (unpaired) electrons. The summed E-state index contributed by atoms with van der Waals surface area (Å²) >= 11 is 0. The molecule has 0 amide bonds. The molecule has 5 atom stereocenters. The summed E-state index contributed by atoms with van der Waals surface area (Å²) in [4.78, 5) is 23.4. The molecular weight excluding hydrogens is 212 g/mol. The summed E-state index contributed by atoms with van der Waals surface area (Å²) in [6.45, 7) is 1.78. The molecule has 2 bridgehead atoms. The Balaban J connectivity index is 2.05. The van der Waals surface area contributed by atoms with E-state index in [4.69, 9.17) is 14.2 Å². The van der Waals surface area contributed by atoms with Crippen LogP contribution in [0.5, 0.6) is 0 Å². The minimum Gasteiger partial charge on any atom is -0.469 e. The number of esters is 2. The highest BCUT2D eigenvalue weighted by Gasteiger charge is 2.69. The van der Waals surface area contributed by atoms with Crippen LogP contribution in [0.1, 0.15) is 6.92 Å². The predicted octanol–water partition coefficient (Wildman–Crippen LogP) is 0.0445. The first-order chi connectivity index (χ1) is 7.60. The van der Waals surface area contributed by atoms with E-state index in [2.05, 4.69) is 0 Å². The average Bonchev–Trinajstić information content (AvgIpc) is 2.89. The van der Waals surface area contributed by atoms with Crippen LogP contribution in [0.2, 0.25) is 0 Å². The molecule has 5 nitrogen and oxygen atoms in total. The average molecular weight is 224 g/mol. The van der Waals surface area contributed by atoms with Crippen LogP contribution in [0.3, 0.4) is 0 Å². The Morgan fingerprint density at radius 2 is 2.31 bits per heavy atom. The third-order valence-corrected chi connectivity index (χ3v) is 3.74. The lowest BCUT2D eigenvalue weighted by Gasteiger charge is -2.24. The van der Waals surface area contributed by atoms with Crippen LogP contribution in [-0.4, -0.2) is 36.9 Å². The molecule has 3 rings (SSSR count). The molecule has 0 saturated carbocycles. The van der Waals surface area contributed by atoms with E-state index in [9.17, 15) is 9.59 Å². The molecule has 0 aliphatic carbocycles. The Kier molecular flexibility index (Phi) is 1.75. The summed E-state index contributed by atoms with van der Waals surface area (Å²) in [5.74, 6) is -1.89. The van der Waals surface area contributed by atoms with Gasteiger partial charge in [0.25, 0.3) is 0 Å². The van der Waals surface area contributed by atoms with Crippen molar-refractivity contribution in [3.05, 3.63) is 12.2 Å². The number of cyclic esters (lactones) is 1. The van der Waals surface area contributed by atoms with Crippen LogP contribution in [0.4, 0.5) is 0 Å². The van der Waals surface area contributed by atoms with Crippen LogP contribution in [0, 0.1) is 11.8 Å². The maximum Gasteiger partial charge on any atom is 0.313 e. The van der Waals surface area contributed by atoms with E-state index in [0.717, 1.165) is 0 Å². The van der Waals surface area contributed by atoms with Gasteiger partial charge in [0.1, 0.15) is 23.5 Å². The number of carbonyl (C=O) groups is 2. The van der Waals surface area contributed by atoms with E-state index in [1.54, 1.807) is 6.92 Å². The van der Waals surface area contributed by atoms with Crippen LogP contribution in [0.15, 0.2) is 12.2 Å². The maximum absolute atomic E-state index is 11.7. The zero-order chi connectivity index (χ0) is 11.5. The van der Waals surface area contributed by atoms with Gasteiger partial charge in [-0.05, 0) is 13.0 Å². The molecule has 1 spiro atoms. The minimum absolute atomic E-state index is 0.346. The largest absolute Gasteiger partial charge is 0.469 e. The van der Waals surface area contributed by atoms with Gasteiger partial charge in [0.15, 0.2) is 0 Å². The molecule has 3 aliphatic heterocycles. The first-order valence-corrected chi connectivity index (χ1v) is 5.25. The summed E-state index contributed by atoms with van der Waals surface area (Å²) < 4.78 is 15.6. The molecule has 2 saturated heterocycles. The number of carbonyl (C=O) groups excluding carboxylic acids is 2. The predicted molar refractivity (Wildman–Crippen MR) is 51.3 cm³/mol. The summed E-state index contributed by atoms with van der Waals surface area (Å²) in [5, 5.41) is 0. The number of hydrogen-bond donors (Lipinski definition) is 0. The SMILES string of the molecule is COC(=O)[C@@H]1[C@@H]2C=C[C@]3(O2)[C@@H](C)OC(=O)[C@@H]13. The van der Waals surface area contributed by atoms with Crippen LogP contribution in [-0.2, 0) is 23.8 Å². The number of rotatable bonds is 1. The molecule has 2 fully saturated rings. The number of ether oxygens (including phenoxy) is 3. The standard InChI is InChI=1S/C11H12O5/c1-5-11-4-3-6(16-11)7(9(12)14-2)8(11)10(13)15-5/h3-8H,1-2H3/t5-,6+,7-,8-,11+/m1/s1. The monoisotopic (exact) mass is 224 g/mol. The Hall–Kier alpha value is -1.36. The van der Waals surface area contributed by atoms with E-state index in [1.165, 1.54) is 7.11 Å². The van der Waals surface area contributed by atoms with Crippen molar-refractivity contribution in [2.75, 3.05) is 7.11 Å². The number of hydrogen-bond acceptors (Lipinski definition) is 5. The lowest BCUT2D eigenvalue weighted by molar-refractivity contribution is -0.156. The van der Waals surface area contributed by atoms with Gasteiger partial charge in [-0.15, -0.1) is 0 Å². The topological polar surface area (TPSA) is 61.8 Å². The second-order valence-electron chi connectivity index (χ2n) is 4.40. The van der Waals surface area contributed by atoms with Crippen molar-refractivity contribution in [3.8, 4) is 0 Å². The van der Waals surface area contributed by atoms with Crippen molar-refractivity contribution < 1.29 is 23.8 Å². The molecule has 3 heterocycles. The highest BCUT2D eigenvalue weighted by Crippen LogP contribution is 2.53. The van der Waals surface area contributed by atoms with E-state index in [-0.39, 0.29) is 18.2 Å². The van der Waals surface area contributed by atoms with Crippen molar-refractivity contribution in [1.82, 2.24) is 0 Å². The number of fused-ring (bicyclic) bond motifs is 1. The van der Waals surface area contributed by atoms with Crippen molar-refractivity contribution in [2.45, 2.75) is 24.7 Å². The fourth-order valence-corrected chi connectivity index (χ4v) is 2.96. The minimum atomic E-state index is -0.749. The van der Waals surface area contributed by atoms with Crippen LogP contribution < -0.4 is 0 Å². The van der Waals surface area contributed by atoms with E-state index >= 15 is 0 Å². The van der Waals surface area contributed by atoms with Crippen LogP contribution >= 0.6 is 0 Å². The fraction of sp³-hybridized carbons (Fsp3) is 0.636. The van der Waals surface area contributed by atoms with Crippen molar-refractivity contribution in [1.29, 1.82) is 0 Å². The highest BCUT2D eigenvalue weighted by atomic mass is 16.6. The van der Waals surface area contributed by atoms with E-state index in [1.807, 2.05) is 12.2 Å². The molecule has 0 aromatic rings. The first kappa shape index (κ1) is 9.84. The third kappa shape index (κ3) is 0.899. The first-order valence-electron chi connectivity index (χ1n) is 5.25. The summed E-state index contributed by atoms with van der Waals surface area (Å²) in [6, 6.07) is 0. The second-order valence-corrected chi connectivity index (χ2v) is 4.40. The lowest BCUT2D eigenvalue weighted by atomic mass is 9.75. The van der Waals surface area contributed by atoms with Gasteiger partial charge >= 0.3 is 11.9 Å². The molecule has 16 heavy (non-hydrogen) atoms. The summed E-state index contributed by atoms with van der Waals surface area (Å²) in [5.41, 5.74) is -0.749. The second kappa shape index (κ2) is 2.85. The molecular formula is C11H12O5. The molecule has 86 valence electrons. The Labute approximate surface area is 92.3 Å². The molecule has 5 heteroatoms. The molecule has 0 N–H and O–H groups in total. The summed E-state index contributed by atoms with van der Waals surface area (Å²) in [6.07, 6.45) is 2.96. The smallest absolute Gasteiger partial charge is 0.313 e. The van der Waals surface area contributed by atoms with E-state index in [0.29, 0.717) is 0 Å². The van der Waals surface area contributed by atoms with Gasteiger partial charge < -0.3 is 14.2 Å². The van der Waals surface area contributed by atoms with Gasteiger partial charge in [0, 0.05) is 0 Å². The fourth-order valence-electron chi connectivity index (χ4n) is 2.96. The highest BCUT2D eigenvalue weighted by molar-refractivity contribution is 5.87. The summed E-state index contributed by atoms with van der Waals surface area (Å²) in [7, 11) is 1.31. The third-order valence-electron chi connectivity index (χ3n) is 3.74. The van der Waals surface area contributed by atoms with Gasteiger partial charge in [0.2, 0.25) is 0 Å². The number of methoxy groups -OCH3 is 1. The Bertz CT molecular complexity index is 401. The van der Waals surface area contributed by atoms with Gasteiger partial charge in [-0.3, -0.25) is 9.59 Å². The Morgan fingerprint density at radius 3 is 3.00 bits per heavy atom. The van der Waals surface area contributed by atoms with Crippen molar-refractivity contribution in [2.24, 2.45) is 11.8 Å². The quantitative estimate of drug-likeness (QED) is 0.465. The van der Waals surface area contributed by atoms with Gasteiger partial charge in [-0.2, -0.15) is 0 Å². The van der Waals surface area contributed by atoms with Crippen LogP contribution in [0.25, 0.3) is 0 Å². The van der Waals surface area contributed by atoms with E-state index < -0.39 is 23.4 Å².